The van der Waals surface area contributed by atoms with Gasteiger partial charge in [-0.3, -0.25) is 4.79 Å². The summed E-state index contributed by atoms with van der Waals surface area (Å²) in [4.78, 5) is 23.8. The molecule has 4 rings (SSSR count). The Kier molecular flexibility index (Phi) is 5.24. The molecule has 0 spiro atoms. The van der Waals surface area contributed by atoms with Crippen molar-refractivity contribution in [1.82, 2.24) is 14.5 Å². The molecule has 1 fully saturated rings. The number of anilines is 2. The highest BCUT2D eigenvalue weighted by Crippen LogP contribution is 2.30. The lowest BCUT2D eigenvalue weighted by Gasteiger charge is -2.14. The summed E-state index contributed by atoms with van der Waals surface area (Å²) in [5, 5.41) is 3.88. The van der Waals surface area contributed by atoms with Gasteiger partial charge in [0.25, 0.3) is 5.91 Å². The number of rotatable bonds is 5. The van der Waals surface area contributed by atoms with Crippen molar-refractivity contribution in [3.8, 4) is 0 Å². The lowest BCUT2D eigenvalue weighted by molar-refractivity contribution is 0.0974. The van der Waals surface area contributed by atoms with Gasteiger partial charge in [0.15, 0.2) is 0 Å². The summed E-state index contributed by atoms with van der Waals surface area (Å²) < 4.78 is 8.00. The molecule has 1 atom stereocenters. The van der Waals surface area contributed by atoms with E-state index < -0.39 is 0 Å². The fourth-order valence-electron chi connectivity index (χ4n) is 3.88. The van der Waals surface area contributed by atoms with E-state index in [1.165, 1.54) is 6.33 Å². The van der Waals surface area contributed by atoms with E-state index in [0.717, 1.165) is 54.0 Å². The minimum absolute atomic E-state index is 0.183. The topological polar surface area (TPSA) is 72.3 Å². The van der Waals surface area contributed by atoms with Crippen molar-refractivity contribution in [2.24, 2.45) is 0 Å². The number of hydrogen-bond donors (Lipinski definition) is 1. The molecule has 2 aromatic heterocycles. The van der Waals surface area contributed by atoms with Crippen LogP contribution in [0.5, 0.6) is 0 Å². The van der Waals surface area contributed by atoms with E-state index in [4.69, 9.17) is 4.74 Å². The SMILES string of the molecule is Cc1c(C)n(CC2CCCO2)c2ncnc(NC(=O)c3cccc(N(C)C)c3)c12. The third-order valence-corrected chi connectivity index (χ3v) is 5.67. The Labute approximate surface area is 170 Å². The van der Waals surface area contributed by atoms with Gasteiger partial charge >= 0.3 is 0 Å². The Morgan fingerprint density at radius 2 is 2.14 bits per heavy atom. The molecule has 1 aromatic carbocycles. The van der Waals surface area contributed by atoms with Gasteiger partial charge in [0.1, 0.15) is 17.8 Å². The summed E-state index contributed by atoms with van der Waals surface area (Å²) in [6.45, 7) is 5.73. The summed E-state index contributed by atoms with van der Waals surface area (Å²) in [6.07, 6.45) is 3.89. The van der Waals surface area contributed by atoms with Crippen molar-refractivity contribution in [3.05, 3.63) is 47.4 Å². The van der Waals surface area contributed by atoms with Gasteiger partial charge in [0.05, 0.1) is 18.0 Å². The van der Waals surface area contributed by atoms with Gasteiger partial charge in [-0.1, -0.05) is 6.07 Å². The average Bonchev–Trinajstić information content (AvgIpc) is 3.31. The number of hydrogen-bond acceptors (Lipinski definition) is 5. The van der Waals surface area contributed by atoms with Crippen LogP contribution < -0.4 is 10.2 Å². The van der Waals surface area contributed by atoms with E-state index in [2.05, 4.69) is 33.7 Å². The second kappa shape index (κ2) is 7.83. The molecular formula is C22H27N5O2. The third-order valence-electron chi connectivity index (χ3n) is 5.67. The Bertz CT molecular complexity index is 1050. The fraction of sp³-hybridized carbons (Fsp3) is 0.409. The number of aryl methyl sites for hydroxylation is 1. The van der Waals surface area contributed by atoms with Crippen LogP contribution in [0, 0.1) is 13.8 Å². The highest BCUT2D eigenvalue weighted by Gasteiger charge is 2.22. The molecule has 1 aliphatic rings. The minimum atomic E-state index is -0.183. The zero-order valence-electron chi connectivity index (χ0n) is 17.4. The number of carbonyl (C=O) groups is 1. The maximum absolute atomic E-state index is 12.9. The number of nitrogens with zero attached hydrogens (tertiary/aromatic N) is 4. The molecule has 3 aromatic rings. The summed E-state index contributed by atoms with van der Waals surface area (Å²) in [7, 11) is 3.90. The first-order valence-electron chi connectivity index (χ1n) is 9.96. The van der Waals surface area contributed by atoms with E-state index >= 15 is 0 Å². The van der Waals surface area contributed by atoms with Crippen molar-refractivity contribution in [2.75, 3.05) is 30.9 Å². The zero-order valence-corrected chi connectivity index (χ0v) is 17.4. The number of amides is 1. The van der Waals surface area contributed by atoms with Crippen molar-refractivity contribution in [3.63, 3.8) is 0 Å². The van der Waals surface area contributed by atoms with Gasteiger partial charge in [-0.15, -0.1) is 0 Å². The van der Waals surface area contributed by atoms with E-state index in [1.54, 1.807) is 6.07 Å². The Morgan fingerprint density at radius 1 is 1.31 bits per heavy atom. The van der Waals surface area contributed by atoms with Gasteiger partial charge in [-0.2, -0.15) is 0 Å². The zero-order chi connectivity index (χ0) is 20.5. The van der Waals surface area contributed by atoms with E-state index in [0.29, 0.717) is 11.4 Å². The van der Waals surface area contributed by atoms with Gasteiger partial charge in [0.2, 0.25) is 0 Å². The van der Waals surface area contributed by atoms with Gasteiger partial charge < -0.3 is 19.5 Å². The van der Waals surface area contributed by atoms with Crippen LogP contribution in [0.3, 0.4) is 0 Å². The number of nitrogens with one attached hydrogen (secondary N) is 1. The Morgan fingerprint density at radius 3 is 2.86 bits per heavy atom. The van der Waals surface area contributed by atoms with E-state index in [-0.39, 0.29) is 12.0 Å². The summed E-state index contributed by atoms with van der Waals surface area (Å²) in [5.74, 6) is 0.361. The van der Waals surface area contributed by atoms with Gasteiger partial charge in [0, 0.05) is 37.6 Å². The van der Waals surface area contributed by atoms with Crippen molar-refractivity contribution < 1.29 is 9.53 Å². The predicted octanol–water partition coefficient (Wildman–Crippen LogP) is 3.55. The summed E-state index contributed by atoms with van der Waals surface area (Å²) in [6, 6.07) is 7.53. The first-order valence-corrected chi connectivity index (χ1v) is 9.96. The first-order chi connectivity index (χ1) is 14.0. The second-order valence-corrected chi connectivity index (χ2v) is 7.78. The molecule has 1 N–H and O–H groups in total. The number of fused-ring (bicyclic) bond motifs is 1. The number of aromatic nitrogens is 3. The molecule has 0 bridgehead atoms. The second-order valence-electron chi connectivity index (χ2n) is 7.78. The lowest BCUT2D eigenvalue weighted by atomic mass is 10.1. The highest BCUT2D eigenvalue weighted by molar-refractivity contribution is 6.08. The molecule has 7 nitrogen and oxygen atoms in total. The molecule has 0 saturated carbocycles. The minimum Gasteiger partial charge on any atom is -0.378 e. The maximum Gasteiger partial charge on any atom is 0.256 e. The van der Waals surface area contributed by atoms with Crippen LogP contribution in [0.1, 0.15) is 34.5 Å². The summed E-state index contributed by atoms with van der Waals surface area (Å²) in [5.41, 5.74) is 4.61. The molecule has 3 heterocycles. The van der Waals surface area contributed by atoms with Crippen molar-refractivity contribution in [2.45, 2.75) is 39.3 Å². The predicted molar refractivity (Wildman–Crippen MR) is 115 cm³/mol. The van der Waals surface area contributed by atoms with E-state index in [1.807, 2.05) is 37.2 Å². The van der Waals surface area contributed by atoms with E-state index in [9.17, 15) is 4.79 Å². The molecule has 7 heteroatoms. The first kappa shape index (κ1) is 19.4. The van der Waals surface area contributed by atoms with Crippen LogP contribution in [-0.2, 0) is 11.3 Å². The van der Waals surface area contributed by atoms with Crippen LogP contribution in [0.15, 0.2) is 30.6 Å². The van der Waals surface area contributed by atoms with Crippen molar-refractivity contribution in [1.29, 1.82) is 0 Å². The molecular weight excluding hydrogens is 366 g/mol. The highest BCUT2D eigenvalue weighted by atomic mass is 16.5. The number of carbonyl (C=O) groups excluding carboxylic acids is 1. The molecule has 29 heavy (non-hydrogen) atoms. The number of ether oxygens (including phenoxy) is 1. The van der Waals surface area contributed by atoms with Gasteiger partial charge in [-0.25, -0.2) is 9.97 Å². The van der Waals surface area contributed by atoms with Crippen LogP contribution in [-0.4, -0.2) is 47.2 Å². The van der Waals surface area contributed by atoms with Crippen LogP contribution in [0.4, 0.5) is 11.5 Å². The largest absolute Gasteiger partial charge is 0.378 e. The molecule has 1 saturated heterocycles. The Hall–Kier alpha value is -2.93. The molecule has 1 aliphatic heterocycles. The normalized spacial score (nSPS) is 16.3. The molecule has 1 unspecified atom stereocenters. The fourth-order valence-corrected chi connectivity index (χ4v) is 3.88. The molecule has 0 radical (unpaired) electrons. The molecule has 1 amide bonds. The third kappa shape index (κ3) is 3.70. The van der Waals surface area contributed by atoms with Crippen LogP contribution in [0.2, 0.25) is 0 Å². The Balaban J connectivity index is 1.67. The average molecular weight is 393 g/mol. The lowest BCUT2D eigenvalue weighted by Crippen LogP contribution is -2.17. The van der Waals surface area contributed by atoms with Crippen LogP contribution >= 0.6 is 0 Å². The monoisotopic (exact) mass is 393 g/mol. The maximum atomic E-state index is 12.9. The van der Waals surface area contributed by atoms with Crippen LogP contribution in [0.25, 0.3) is 11.0 Å². The quantitative estimate of drug-likeness (QED) is 0.718. The summed E-state index contributed by atoms with van der Waals surface area (Å²) >= 11 is 0. The van der Waals surface area contributed by atoms with Gasteiger partial charge in [-0.05, 0) is 50.5 Å². The number of benzene rings is 1. The van der Waals surface area contributed by atoms with Crippen molar-refractivity contribution >= 4 is 28.4 Å². The standard InChI is InChI=1S/C22H27N5O2/c1-14-15(2)27(12-18-9-6-10-29-18)21-19(14)20(23-13-24-21)25-22(28)16-7-5-8-17(11-16)26(3)4/h5,7-8,11,13,18H,6,9-10,12H2,1-4H3,(H,23,24,25,28). The smallest absolute Gasteiger partial charge is 0.256 e. The molecule has 152 valence electrons. The molecule has 0 aliphatic carbocycles.